The Hall–Kier alpha value is -0.710. The van der Waals surface area contributed by atoms with Crippen LogP contribution in [0.2, 0.25) is 0 Å². The molecule has 0 saturated heterocycles. The van der Waals surface area contributed by atoms with Gasteiger partial charge in [0.15, 0.2) is 5.17 Å². The van der Waals surface area contributed by atoms with Crippen molar-refractivity contribution in [3.05, 3.63) is 0 Å². The van der Waals surface area contributed by atoms with Crippen LogP contribution in [0.3, 0.4) is 0 Å². The summed E-state index contributed by atoms with van der Waals surface area (Å²) in [6, 6.07) is 0.276. The lowest BCUT2D eigenvalue weighted by molar-refractivity contribution is -0.122. The van der Waals surface area contributed by atoms with Crippen LogP contribution in [0.15, 0.2) is 4.99 Å². The van der Waals surface area contributed by atoms with E-state index in [1.807, 2.05) is 6.92 Å². The lowest BCUT2D eigenvalue weighted by Gasteiger charge is -2.33. The number of amidine groups is 1. The highest BCUT2D eigenvalue weighted by Crippen LogP contribution is 2.33. The molecule has 1 saturated carbocycles. The summed E-state index contributed by atoms with van der Waals surface area (Å²) in [4.78, 5) is 16.8. The van der Waals surface area contributed by atoms with E-state index in [1.54, 1.807) is 11.8 Å². The first-order valence-electron chi connectivity index (χ1n) is 7.81. The maximum atomic E-state index is 12.0. The number of fused-ring (bicyclic) bond motifs is 1. The Balaban J connectivity index is 1.83. The van der Waals surface area contributed by atoms with Crippen molar-refractivity contribution in [1.29, 1.82) is 0 Å². The molecule has 1 fully saturated rings. The van der Waals surface area contributed by atoms with E-state index in [9.17, 15) is 4.79 Å². The molecule has 0 aromatic carbocycles. The predicted molar refractivity (Wildman–Crippen MR) is 86.1 cm³/mol. The number of amides is 1. The van der Waals surface area contributed by atoms with E-state index in [4.69, 9.17) is 4.99 Å². The summed E-state index contributed by atoms with van der Waals surface area (Å²) in [5.74, 6) is 2.45. The van der Waals surface area contributed by atoms with E-state index in [0.717, 1.165) is 23.4 Å². The van der Waals surface area contributed by atoms with E-state index in [2.05, 4.69) is 24.5 Å². The zero-order chi connectivity index (χ0) is 14.5. The Kier molecular flexibility index (Phi) is 5.75. The largest absolute Gasteiger partial charge is 0.354 e. The van der Waals surface area contributed by atoms with Crippen LogP contribution in [-0.4, -0.2) is 35.5 Å². The smallest absolute Gasteiger partial charge is 0.242 e. The molecule has 2 N–H and O–H groups in total. The Bertz CT molecular complexity index is 370. The molecule has 1 aliphatic heterocycles. The molecule has 2 rings (SSSR count). The Morgan fingerprint density at radius 2 is 2.10 bits per heavy atom. The summed E-state index contributed by atoms with van der Waals surface area (Å²) in [5, 5.41) is 7.20. The molecule has 0 aromatic rings. The number of aliphatic imine (C=N–C) groups is 1. The van der Waals surface area contributed by atoms with Crippen molar-refractivity contribution in [3.63, 3.8) is 0 Å². The molecule has 0 aromatic heterocycles. The van der Waals surface area contributed by atoms with Crippen molar-refractivity contribution in [2.24, 2.45) is 16.8 Å². The summed E-state index contributed by atoms with van der Waals surface area (Å²) < 4.78 is 0. The Morgan fingerprint density at radius 1 is 1.35 bits per heavy atom. The summed E-state index contributed by atoms with van der Waals surface area (Å²) in [6.07, 6.45) is 5.18. The third-order valence-electron chi connectivity index (χ3n) is 4.00. The van der Waals surface area contributed by atoms with Gasteiger partial charge in [0.2, 0.25) is 5.91 Å². The highest BCUT2D eigenvalue weighted by atomic mass is 32.2. The average Bonchev–Trinajstić information content (AvgIpc) is 2.44. The average molecular weight is 297 g/mol. The summed E-state index contributed by atoms with van der Waals surface area (Å²) in [6.45, 7) is 6.84. The molecular weight excluding hydrogens is 270 g/mol. The van der Waals surface area contributed by atoms with E-state index in [0.29, 0.717) is 12.0 Å². The van der Waals surface area contributed by atoms with Crippen LogP contribution in [-0.2, 0) is 4.79 Å². The van der Waals surface area contributed by atoms with Crippen LogP contribution in [0.25, 0.3) is 0 Å². The molecule has 1 amide bonds. The molecule has 4 nitrogen and oxygen atoms in total. The van der Waals surface area contributed by atoms with Gasteiger partial charge in [-0.25, -0.2) is 0 Å². The molecule has 1 heterocycles. The van der Waals surface area contributed by atoms with Crippen LogP contribution in [0.5, 0.6) is 0 Å². The number of rotatable bonds is 4. The molecule has 3 atom stereocenters. The fraction of sp³-hybridized carbons (Fsp3) is 0.867. The second-order valence-corrected chi connectivity index (χ2v) is 7.37. The van der Waals surface area contributed by atoms with Gasteiger partial charge >= 0.3 is 0 Å². The first-order chi connectivity index (χ1) is 9.56. The standard InChI is InChI=1S/C15H27N3OS/c1-10(2)8-16-14(19)11(3)17-15-18-13-7-5-4-6-12(13)9-20-15/h10-13H,4-9H2,1-3H3,(H,16,19)(H,17,18). The first-order valence-corrected chi connectivity index (χ1v) is 8.79. The number of carbonyl (C=O) groups is 1. The van der Waals surface area contributed by atoms with Gasteiger partial charge in [-0.05, 0) is 31.6 Å². The Labute approximate surface area is 126 Å². The predicted octanol–water partition coefficient (Wildman–Crippen LogP) is 2.40. The highest BCUT2D eigenvalue weighted by molar-refractivity contribution is 8.13. The summed E-state index contributed by atoms with van der Waals surface area (Å²) in [5.41, 5.74) is 0. The molecule has 114 valence electrons. The van der Waals surface area contributed by atoms with Crippen molar-refractivity contribution >= 4 is 22.8 Å². The van der Waals surface area contributed by atoms with Crippen molar-refractivity contribution in [3.8, 4) is 0 Å². The molecule has 1 aliphatic carbocycles. The molecule has 0 spiro atoms. The topological polar surface area (TPSA) is 53.5 Å². The van der Waals surface area contributed by atoms with Crippen LogP contribution in [0.4, 0.5) is 0 Å². The van der Waals surface area contributed by atoms with Crippen molar-refractivity contribution < 1.29 is 4.79 Å². The summed E-state index contributed by atoms with van der Waals surface area (Å²) >= 11 is 1.78. The zero-order valence-electron chi connectivity index (χ0n) is 12.8. The number of hydrogen-bond acceptors (Lipinski definition) is 4. The minimum absolute atomic E-state index is 0.0627. The van der Waals surface area contributed by atoms with Crippen molar-refractivity contribution in [2.75, 3.05) is 12.3 Å². The fourth-order valence-corrected chi connectivity index (χ4v) is 3.94. The van der Waals surface area contributed by atoms with Gasteiger partial charge in [-0.15, -0.1) is 0 Å². The number of carbonyl (C=O) groups excluding carboxylic acids is 1. The van der Waals surface area contributed by atoms with Gasteiger partial charge in [-0.2, -0.15) is 0 Å². The lowest BCUT2D eigenvalue weighted by Crippen LogP contribution is -2.46. The monoisotopic (exact) mass is 297 g/mol. The third kappa shape index (κ3) is 4.40. The van der Waals surface area contributed by atoms with Gasteiger partial charge in [0, 0.05) is 12.3 Å². The molecule has 20 heavy (non-hydrogen) atoms. The molecule has 0 bridgehead atoms. The molecule has 5 heteroatoms. The number of hydrogen-bond donors (Lipinski definition) is 2. The SMILES string of the molecule is CC(C)CNC(=O)C(C)NC1=NC2CCCCC2CS1. The Morgan fingerprint density at radius 3 is 2.85 bits per heavy atom. The lowest BCUT2D eigenvalue weighted by atomic mass is 9.86. The van der Waals surface area contributed by atoms with E-state index in [1.165, 1.54) is 25.7 Å². The van der Waals surface area contributed by atoms with E-state index in [-0.39, 0.29) is 11.9 Å². The molecular formula is C15H27N3OS. The summed E-state index contributed by atoms with van der Waals surface area (Å²) in [7, 11) is 0. The fourth-order valence-electron chi connectivity index (χ4n) is 2.71. The normalized spacial score (nSPS) is 27.5. The number of nitrogens with one attached hydrogen (secondary N) is 2. The quantitative estimate of drug-likeness (QED) is 0.838. The molecule has 2 aliphatic rings. The maximum Gasteiger partial charge on any atom is 0.242 e. The van der Waals surface area contributed by atoms with Gasteiger partial charge in [0.25, 0.3) is 0 Å². The van der Waals surface area contributed by atoms with Crippen LogP contribution < -0.4 is 10.6 Å². The molecule has 3 unspecified atom stereocenters. The van der Waals surface area contributed by atoms with Gasteiger partial charge < -0.3 is 10.6 Å². The zero-order valence-corrected chi connectivity index (χ0v) is 13.6. The van der Waals surface area contributed by atoms with Gasteiger partial charge in [0.05, 0.1) is 6.04 Å². The van der Waals surface area contributed by atoms with Gasteiger partial charge in [-0.1, -0.05) is 38.5 Å². The van der Waals surface area contributed by atoms with Crippen LogP contribution in [0.1, 0.15) is 46.5 Å². The van der Waals surface area contributed by atoms with Crippen molar-refractivity contribution in [1.82, 2.24) is 10.6 Å². The minimum Gasteiger partial charge on any atom is -0.354 e. The minimum atomic E-state index is -0.208. The van der Waals surface area contributed by atoms with Crippen molar-refractivity contribution in [2.45, 2.75) is 58.5 Å². The third-order valence-corrected chi connectivity index (χ3v) is 5.10. The number of nitrogens with zero attached hydrogens (tertiary/aromatic N) is 1. The highest BCUT2D eigenvalue weighted by Gasteiger charge is 2.29. The van der Waals surface area contributed by atoms with Crippen LogP contribution >= 0.6 is 11.8 Å². The second-order valence-electron chi connectivity index (χ2n) is 6.36. The number of thioether (sulfide) groups is 1. The second kappa shape index (κ2) is 7.34. The van der Waals surface area contributed by atoms with E-state index >= 15 is 0 Å². The first kappa shape index (κ1) is 15.7. The maximum absolute atomic E-state index is 12.0. The van der Waals surface area contributed by atoms with E-state index < -0.39 is 0 Å². The molecule has 0 radical (unpaired) electrons. The van der Waals surface area contributed by atoms with Crippen LogP contribution in [0, 0.1) is 11.8 Å². The van der Waals surface area contributed by atoms with Gasteiger partial charge in [0.1, 0.15) is 6.04 Å². The van der Waals surface area contributed by atoms with Gasteiger partial charge in [-0.3, -0.25) is 9.79 Å².